The van der Waals surface area contributed by atoms with E-state index in [0.717, 1.165) is 24.3 Å². The molecule has 0 atom stereocenters. The lowest BCUT2D eigenvalue weighted by molar-refractivity contribution is -0.387. The zero-order valence-corrected chi connectivity index (χ0v) is 11.7. The topological polar surface area (TPSA) is 102 Å². The summed E-state index contributed by atoms with van der Waals surface area (Å²) in [4.78, 5) is 13.1. The van der Waals surface area contributed by atoms with Gasteiger partial charge in [-0.1, -0.05) is 11.6 Å². The Hall–Kier alpha value is -2.26. The van der Waals surface area contributed by atoms with Gasteiger partial charge in [0.1, 0.15) is 5.15 Å². The van der Waals surface area contributed by atoms with Crippen LogP contribution >= 0.6 is 11.6 Å². The fourth-order valence-electron chi connectivity index (χ4n) is 1.48. The molecule has 1 heterocycles. The van der Waals surface area contributed by atoms with Gasteiger partial charge in [0.05, 0.1) is 15.5 Å². The quantitative estimate of drug-likeness (QED) is 0.527. The third kappa shape index (κ3) is 3.44. The molecule has 0 saturated heterocycles. The number of aromatic nitrogens is 1. The van der Waals surface area contributed by atoms with Crippen molar-refractivity contribution in [1.82, 2.24) is 4.98 Å². The average molecular weight is 332 g/mol. The number of nitro benzene ring substituents is 1. The van der Waals surface area contributed by atoms with E-state index in [4.69, 9.17) is 11.6 Å². The fourth-order valence-corrected chi connectivity index (χ4v) is 2.78. The molecule has 110 valence electrons. The number of nitrogens with one attached hydrogen (secondary N) is 1. The Kier molecular flexibility index (Phi) is 4.05. The van der Waals surface area contributed by atoms with Crippen LogP contribution in [-0.2, 0) is 10.0 Å². The Morgan fingerprint density at radius 2 is 2.00 bits per heavy atom. The van der Waals surface area contributed by atoms with Gasteiger partial charge in [-0.2, -0.15) is 4.39 Å². The third-order valence-electron chi connectivity index (χ3n) is 2.40. The Labute approximate surface area is 123 Å². The summed E-state index contributed by atoms with van der Waals surface area (Å²) < 4.78 is 39.6. The molecule has 1 aromatic carbocycles. The summed E-state index contributed by atoms with van der Waals surface area (Å²) in [5.41, 5.74) is -0.893. The van der Waals surface area contributed by atoms with Crippen LogP contribution in [0.1, 0.15) is 0 Å². The second kappa shape index (κ2) is 5.62. The lowest BCUT2D eigenvalue weighted by Crippen LogP contribution is -2.13. The Morgan fingerprint density at radius 1 is 1.29 bits per heavy atom. The first kappa shape index (κ1) is 15.1. The standard InChI is InChI=1S/C11H7ClFN3O4S/c12-11-6-8(3-4-14-11)21(19,20)15-7-1-2-10(16(17)18)9(13)5-7/h1-6,15H. The highest BCUT2D eigenvalue weighted by Gasteiger charge is 2.18. The number of anilines is 1. The molecule has 0 bridgehead atoms. The molecule has 2 rings (SSSR count). The van der Waals surface area contributed by atoms with Gasteiger partial charge in [0.2, 0.25) is 5.82 Å². The van der Waals surface area contributed by atoms with Crippen LogP contribution in [0.3, 0.4) is 0 Å². The lowest BCUT2D eigenvalue weighted by Gasteiger charge is -2.08. The molecule has 0 saturated carbocycles. The normalized spacial score (nSPS) is 11.1. The largest absolute Gasteiger partial charge is 0.304 e. The van der Waals surface area contributed by atoms with E-state index in [1.807, 2.05) is 0 Å². The van der Waals surface area contributed by atoms with Crippen molar-refractivity contribution in [2.75, 3.05) is 4.72 Å². The molecule has 0 amide bonds. The predicted octanol–water partition coefficient (Wildman–Crippen LogP) is 2.58. The Balaban J connectivity index is 2.33. The molecule has 1 N–H and O–H groups in total. The highest BCUT2D eigenvalue weighted by molar-refractivity contribution is 7.92. The molecule has 0 aliphatic carbocycles. The highest BCUT2D eigenvalue weighted by atomic mass is 35.5. The van der Waals surface area contributed by atoms with Crippen LogP contribution in [0, 0.1) is 15.9 Å². The van der Waals surface area contributed by atoms with Crippen molar-refractivity contribution in [3.05, 3.63) is 57.6 Å². The van der Waals surface area contributed by atoms with Crippen molar-refractivity contribution < 1.29 is 17.7 Å². The molecule has 0 aliphatic rings. The zero-order chi connectivity index (χ0) is 15.6. The van der Waals surface area contributed by atoms with Crippen molar-refractivity contribution in [3.63, 3.8) is 0 Å². The van der Waals surface area contributed by atoms with Gasteiger partial charge < -0.3 is 0 Å². The van der Waals surface area contributed by atoms with E-state index in [1.54, 1.807) is 0 Å². The van der Waals surface area contributed by atoms with Gasteiger partial charge in [-0.3, -0.25) is 14.8 Å². The van der Waals surface area contributed by atoms with Crippen molar-refractivity contribution >= 4 is 33.0 Å². The van der Waals surface area contributed by atoms with Crippen molar-refractivity contribution in [1.29, 1.82) is 0 Å². The second-order valence-electron chi connectivity index (χ2n) is 3.84. The van der Waals surface area contributed by atoms with Gasteiger partial charge >= 0.3 is 5.69 Å². The van der Waals surface area contributed by atoms with Crippen LogP contribution in [-0.4, -0.2) is 18.3 Å². The van der Waals surface area contributed by atoms with E-state index in [1.165, 1.54) is 12.3 Å². The average Bonchev–Trinajstić information content (AvgIpc) is 2.37. The first-order chi connectivity index (χ1) is 9.79. The third-order valence-corrected chi connectivity index (χ3v) is 3.99. The number of nitrogens with zero attached hydrogens (tertiary/aromatic N) is 2. The van der Waals surface area contributed by atoms with Crippen LogP contribution in [0.25, 0.3) is 0 Å². The molecular formula is C11H7ClFN3O4S. The van der Waals surface area contributed by atoms with Crippen LogP contribution < -0.4 is 4.72 Å². The van der Waals surface area contributed by atoms with Crippen LogP contribution in [0.2, 0.25) is 5.15 Å². The number of benzene rings is 1. The summed E-state index contributed by atoms with van der Waals surface area (Å²) in [6.07, 6.45) is 1.20. The van der Waals surface area contributed by atoms with Gasteiger partial charge in [0.15, 0.2) is 0 Å². The smallest absolute Gasteiger partial charge is 0.280 e. The maximum absolute atomic E-state index is 13.4. The summed E-state index contributed by atoms with van der Waals surface area (Å²) in [6.45, 7) is 0. The van der Waals surface area contributed by atoms with Gasteiger partial charge in [-0.25, -0.2) is 13.4 Å². The van der Waals surface area contributed by atoms with E-state index in [2.05, 4.69) is 9.71 Å². The summed E-state index contributed by atoms with van der Waals surface area (Å²) in [5, 5.41) is 10.5. The summed E-state index contributed by atoms with van der Waals surface area (Å²) in [7, 11) is -4.00. The van der Waals surface area contributed by atoms with E-state index in [-0.39, 0.29) is 15.7 Å². The number of pyridine rings is 1. The van der Waals surface area contributed by atoms with Gasteiger partial charge in [0, 0.05) is 18.3 Å². The fraction of sp³-hybridized carbons (Fsp3) is 0. The summed E-state index contributed by atoms with van der Waals surface area (Å²) in [5.74, 6) is -1.15. The number of hydrogen-bond acceptors (Lipinski definition) is 5. The van der Waals surface area contributed by atoms with E-state index < -0.39 is 26.5 Å². The van der Waals surface area contributed by atoms with Crippen molar-refractivity contribution in [2.45, 2.75) is 4.90 Å². The Morgan fingerprint density at radius 3 is 2.57 bits per heavy atom. The number of hydrogen-bond donors (Lipinski definition) is 1. The summed E-state index contributed by atoms with van der Waals surface area (Å²) >= 11 is 5.60. The van der Waals surface area contributed by atoms with E-state index in [0.29, 0.717) is 0 Å². The highest BCUT2D eigenvalue weighted by Crippen LogP contribution is 2.23. The lowest BCUT2D eigenvalue weighted by atomic mass is 10.3. The number of halogens is 2. The molecule has 0 radical (unpaired) electrons. The van der Waals surface area contributed by atoms with E-state index in [9.17, 15) is 22.9 Å². The SMILES string of the molecule is O=[N+]([O-])c1ccc(NS(=O)(=O)c2ccnc(Cl)c2)cc1F. The molecule has 7 nitrogen and oxygen atoms in total. The maximum atomic E-state index is 13.4. The maximum Gasteiger partial charge on any atom is 0.304 e. The van der Waals surface area contributed by atoms with Crippen LogP contribution in [0.15, 0.2) is 41.4 Å². The summed E-state index contributed by atoms with van der Waals surface area (Å²) in [6, 6.07) is 4.99. The molecular weight excluding hydrogens is 325 g/mol. The number of rotatable bonds is 4. The van der Waals surface area contributed by atoms with Crippen LogP contribution in [0.5, 0.6) is 0 Å². The first-order valence-electron chi connectivity index (χ1n) is 5.38. The molecule has 2 aromatic rings. The molecule has 1 aromatic heterocycles. The minimum atomic E-state index is -4.00. The number of sulfonamides is 1. The number of nitro groups is 1. The van der Waals surface area contributed by atoms with Gasteiger partial charge in [-0.15, -0.1) is 0 Å². The molecule has 0 aliphatic heterocycles. The molecule has 0 unspecified atom stereocenters. The molecule has 0 fully saturated rings. The Bertz CT molecular complexity index is 813. The zero-order valence-electron chi connectivity index (χ0n) is 10.2. The van der Waals surface area contributed by atoms with Crippen molar-refractivity contribution in [2.24, 2.45) is 0 Å². The molecule has 10 heteroatoms. The minimum absolute atomic E-state index is 0.0206. The van der Waals surface area contributed by atoms with E-state index >= 15 is 0 Å². The molecule has 21 heavy (non-hydrogen) atoms. The minimum Gasteiger partial charge on any atom is -0.280 e. The van der Waals surface area contributed by atoms with Gasteiger partial charge in [0.25, 0.3) is 10.0 Å². The van der Waals surface area contributed by atoms with Gasteiger partial charge in [-0.05, 0) is 18.2 Å². The molecule has 0 spiro atoms. The monoisotopic (exact) mass is 331 g/mol. The van der Waals surface area contributed by atoms with Crippen LogP contribution in [0.4, 0.5) is 15.8 Å². The predicted molar refractivity (Wildman–Crippen MR) is 73.1 cm³/mol. The first-order valence-corrected chi connectivity index (χ1v) is 7.24. The van der Waals surface area contributed by atoms with Crippen molar-refractivity contribution in [3.8, 4) is 0 Å². The second-order valence-corrected chi connectivity index (χ2v) is 5.91.